The molecule has 3 nitrogen and oxygen atoms in total. The Balaban J connectivity index is 2.28. The van der Waals surface area contributed by atoms with Crippen molar-refractivity contribution in [3.8, 4) is 5.75 Å². The zero-order valence-electron chi connectivity index (χ0n) is 10.4. The van der Waals surface area contributed by atoms with Crippen LogP contribution in [0.3, 0.4) is 0 Å². The Morgan fingerprint density at radius 1 is 1.05 bits per heavy atom. The molecule has 0 saturated carbocycles. The van der Waals surface area contributed by atoms with Gasteiger partial charge in [-0.25, -0.2) is 13.2 Å². The third-order valence-corrected chi connectivity index (χ3v) is 2.59. The zero-order chi connectivity index (χ0) is 14.7. The number of carbonyl (C=O) groups excluding carboxylic acids is 1. The monoisotopic (exact) mass is 281 g/mol. The lowest BCUT2D eigenvalue weighted by Crippen LogP contribution is -2.14. The summed E-state index contributed by atoms with van der Waals surface area (Å²) >= 11 is 0. The van der Waals surface area contributed by atoms with Crippen molar-refractivity contribution in [1.29, 1.82) is 0 Å². The molecule has 0 radical (unpaired) electrons. The van der Waals surface area contributed by atoms with Gasteiger partial charge in [0.2, 0.25) is 0 Å². The van der Waals surface area contributed by atoms with Crippen LogP contribution in [-0.4, -0.2) is 13.0 Å². The molecule has 0 aliphatic carbocycles. The van der Waals surface area contributed by atoms with Crippen molar-refractivity contribution in [2.75, 3.05) is 12.4 Å². The van der Waals surface area contributed by atoms with Gasteiger partial charge in [0.05, 0.1) is 18.4 Å². The van der Waals surface area contributed by atoms with Crippen molar-refractivity contribution in [2.24, 2.45) is 0 Å². The smallest absolute Gasteiger partial charge is 0.258 e. The molecule has 1 N–H and O–H groups in total. The van der Waals surface area contributed by atoms with Gasteiger partial charge in [0.1, 0.15) is 23.2 Å². The van der Waals surface area contributed by atoms with Crippen molar-refractivity contribution in [3.63, 3.8) is 0 Å². The molecular formula is C14H10F3NO2. The Kier molecular flexibility index (Phi) is 3.93. The molecule has 0 atom stereocenters. The van der Waals surface area contributed by atoms with Crippen LogP contribution < -0.4 is 10.1 Å². The molecule has 0 bridgehead atoms. The minimum absolute atomic E-state index is 0.0980. The van der Waals surface area contributed by atoms with E-state index in [9.17, 15) is 18.0 Å². The van der Waals surface area contributed by atoms with Gasteiger partial charge in [-0.3, -0.25) is 4.79 Å². The molecule has 2 aromatic rings. The number of halogens is 3. The third kappa shape index (κ3) is 2.90. The topological polar surface area (TPSA) is 38.3 Å². The molecule has 0 aliphatic rings. The normalized spacial score (nSPS) is 10.2. The first kappa shape index (κ1) is 13.9. The molecule has 2 rings (SSSR count). The molecular weight excluding hydrogens is 271 g/mol. The number of methoxy groups -OCH3 is 1. The predicted octanol–water partition coefficient (Wildman–Crippen LogP) is 3.36. The van der Waals surface area contributed by atoms with Gasteiger partial charge < -0.3 is 10.1 Å². The van der Waals surface area contributed by atoms with Crippen molar-refractivity contribution in [3.05, 3.63) is 59.4 Å². The molecule has 104 valence electrons. The van der Waals surface area contributed by atoms with E-state index in [1.165, 1.54) is 13.2 Å². The minimum Gasteiger partial charge on any atom is -0.494 e. The van der Waals surface area contributed by atoms with Gasteiger partial charge >= 0.3 is 0 Å². The molecule has 0 saturated heterocycles. The van der Waals surface area contributed by atoms with E-state index < -0.39 is 23.4 Å². The second-order valence-corrected chi connectivity index (χ2v) is 3.92. The van der Waals surface area contributed by atoms with E-state index >= 15 is 0 Å². The van der Waals surface area contributed by atoms with Crippen molar-refractivity contribution < 1.29 is 22.7 Å². The quantitative estimate of drug-likeness (QED) is 0.936. The summed E-state index contributed by atoms with van der Waals surface area (Å²) in [6.07, 6.45) is 0. The number of amides is 1. The average molecular weight is 281 g/mol. The maximum atomic E-state index is 13.5. The first-order valence-corrected chi connectivity index (χ1v) is 5.61. The van der Waals surface area contributed by atoms with E-state index in [0.29, 0.717) is 6.07 Å². The summed E-state index contributed by atoms with van der Waals surface area (Å²) in [5.41, 5.74) is -0.139. The highest BCUT2D eigenvalue weighted by Gasteiger charge is 2.14. The lowest BCUT2D eigenvalue weighted by Gasteiger charge is -2.10. The molecule has 6 heteroatoms. The highest BCUT2D eigenvalue weighted by Crippen LogP contribution is 2.25. The molecule has 0 heterocycles. The summed E-state index contributed by atoms with van der Waals surface area (Å²) in [6.45, 7) is 0. The van der Waals surface area contributed by atoms with Crippen LogP contribution in [0, 0.1) is 17.5 Å². The van der Waals surface area contributed by atoms with E-state index in [-0.39, 0.29) is 17.0 Å². The zero-order valence-corrected chi connectivity index (χ0v) is 10.4. The van der Waals surface area contributed by atoms with Crippen LogP contribution in [0.2, 0.25) is 0 Å². The second-order valence-electron chi connectivity index (χ2n) is 3.92. The van der Waals surface area contributed by atoms with Gasteiger partial charge in [-0.05, 0) is 24.3 Å². The number of nitrogens with one attached hydrogen (secondary N) is 1. The molecule has 0 fully saturated rings. The van der Waals surface area contributed by atoms with Gasteiger partial charge in [-0.2, -0.15) is 0 Å². The van der Waals surface area contributed by atoms with E-state index in [2.05, 4.69) is 5.32 Å². The average Bonchev–Trinajstić information content (AvgIpc) is 2.40. The summed E-state index contributed by atoms with van der Waals surface area (Å²) < 4.78 is 44.1. The number of carbonyl (C=O) groups is 1. The summed E-state index contributed by atoms with van der Waals surface area (Å²) in [5, 5.41) is 2.37. The van der Waals surface area contributed by atoms with Crippen LogP contribution in [-0.2, 0) is 0 Å². The van der Waals surface area contributed by atoms with E-state index in [1.54, 1.807) is 0 Å². The van der Waals surface area contributed by atoms with Gasteiger partial charge in [0, 0.05) is 12.1 Å². The van der Waals surface area contributed by atoms with Crippen molar-refractivity contribution in [1.82, 2.24) is 0 Å². The van der Waals surface area contributed by atoms with Crippen LogP contribution in [0.4, 0.5) is 18.9 Å². The van der Waals surface area contributed by atoms with Crippen molar-refractivity contribution >= 4 is 11.6 Å². The Morgan fingerprint density at radius 2 is 1.70 bits per heavy atom. The first-order valence-electron chi connectivity index (χ1n) is 5.61. The molecule has 2 aromatic carbocycles. The summed E-state index contributed by atoms with van der Waals surface area (Å²) in [4.78, 5) is 11.9. The summed E-state index contributed by atoms with van der Waals surface area (Å²) in [6, 6.07) is 6.09. The fourth-order valence-corrected chi connectivity index (χ4v) is 1.63. The lowest BCUT2D eigenvalue weighted by molar-refractivity contribution is 0.102. The van der Waals surface area contributed by atoms with E-state index in [0.717, 1.165) is 24.3 Å². The third-order valence-electron chi connectivity index (χ3n) is 2.59. The Bertz CT molecular complexity index is 659. The molecule has 0 aromatic heterocycles. The van der Waals surface area contributed by atoms with Gasteiger partial charge in [-0.1, -0.05) is 0 Å². The summed E-state index contributed by atoms with van der Waals surface area (Å²) in [7, 11) is 1.31. The van der Waals surface area contributed by atoms with Gasteiger partial charge in [0.25, 0.3) is 5.91 Å². The molecule has 1 amide bonds. The van der Waals surface area contributed by atoms with E-state index in [4.69, 9.17) is 4.74 Å². The van der Waals surface area contributed by atoms with Crippen molar-refractivity contribution in [2.45, 2.75) is 0 Å². The maximum Gasteiger partial charge on any atom is 0.258 e. The van der Waals surface area contributed by atoms with Crippen LogP contribution in [0.25, 0.3) is 0 Å². The predicted molar refractivity (Wildman–Crippen MR) is 67.3 cm³/mol. The van der Waals surface area contributed by atoms with E-state index in [1.807, 2.05) is 0 Å². The fraction of sp³-hybridized carbons (Fsp3) is 0.0714. The highest BCUT2D eigenvalue weighted by molar-refractivity contribution is 6.05. The van der Waals surface area contributed by atoms with Crippen LogP contribution in [0.15, 0.2) is 36.4 Å². The largest absolute Gasteiger partial charge is 0.494 e. The van der Waals surface area contributed by atoms with Gasteiger partial charge in [-0.15, -0.1) is 0 Å². The Morgan fingerprint density at radius 3 is 2.35 bits per heavy atom. The standard InChI is InChI=1S/C14H10F3NO2/c1-20-13-7-9(16)3-5-12(13)18-14(19)10-4-2-8(15)6-11(10)17/h2-7H,1H3,(H,18,19). The van der Waals surface area contributed by atoms with Crippen LogP contribution in [0.5, 0.6) is 5.75 Å². The minimum atomic E-state index is -0.983. The number of benzene rings is 2. The molecule has 0 aliphatic heterocycles. The SMILES string of the molecule is COc1cc(F)ccc1NC(=O)c1ccc(F)cc1F. The number of hydrogen-bond acceptors (Lipinski definition) is 2. The number of ether oxygens (including phenoxy) is 1. The maximum absolute atomic E-state index is 13.5. The number of rotatable bonds is 3. The summed E-state index contributed by atoms with van der Waals surface area (Å²) in [5.74, 6) is -2.98. The molecule has 20 heavy (non-hydrogen) atoms. The molecule has 0 spiro atoms. The second kappa shape index (κ2) is 5.64. The van der Waals surface area contributed by atoms with Crippen LogP contribution in [0.1, 0.15) is 10.4 Å². The molecule has 0 unspecified atom stereocenters. The fourth-order valence-electron chi connectivity index (χ4n) is 1.63. The first-order chi connectivity index (χ1) is 9.51. The Labute approximate surface area is 113 Å². The number of anilines is 1. The highest BCUT2D eigenvalue weighted by atomic mass is 19.1. The lowest BCUT2D eigenvalue weighted by atomic mass is 10.2. The number of hydrogen-bond donors (Lipinski definition) is 1. The van der Waals surface area contributed by atoms with Gasteiger partial charge in [0.15, 0.2) is 0 Å². The van der Waals surface area contributed by atoms with Crippen LogP contribution >= 0.6 is 0 Å². The Hall–Kier alpha value is -2.50.